The van der Waals surface area contributed by atoms with Crippen LogP contribution in [0.5, 0.6) is 0 Å². The van der Waals surface area contributed by atoms with Crippen LogP contribution in [-0.2, 0) is 11.3 Å². The van der Waals surface area contributed by atoms with Crippen LogP contribution in [0.25, 0.3) is 15.9 Å². The van der Waals surface area contributed by atoms with Gasteiger partial charge >= 0.3 is 0 Å². The van der Waals surface area contributed by atoms with Crippen molar-refractivity contribution in [2.24, 2.45) is 5.92 Å². The highest BCUT2D eigenvalue weighted by Crippen LogP contribution is 2.26. The zero-order valence-electron chi connectivity index (χ0n) is 18.8. The second-order valence-electron chi connectivity index (χ2n) is 8.57. The van der Waals surface area contributed by atoms with Crippen LogP contribution in [0.2, 0.25) is 0 Å². The molecule has 0 bridgehead atoms. The Morgan fingerprint density at radius 3 is 2.59 bits per heavy atom. The number of aryl methyl sites for hydroxylation is 1. The van der Waals surface area contributed by atoms with E-state index in [0.29, 0.717) is 54.3 Å². The highest BCUT2D eigenvalue weighted by Gasteiger charge is 2.28. The fourth-order valence-electron chi connectivity index (χ4n) is 4.41. The van der Waals surface area contributed by atoms with Gasteiger partial charge in [0.2, 0.25) is 11.9 Å². The number of benzene rings is 2. The van der Waals surface area contributed by atoms with Crippen molar-refractivity contribution in [2.45, 2.75) is 26.3 Å². The summed E-state index contributed by atoms with van der Waals surface area (Å²) in [7, 11) is 0. The summed E-state index contributed by atoms with van der Waals surface area (Å²) < 4.78 is 15.6. The Labute approximate surface area is 200 Å². The molecule has 0 atom stereocenters. The summed E-state index contributed by atoms with van der Waals surface area (Å²) in [4.78, 5) is 32.9. The predicted molar refractivity (Wildman–Crippen MR) is 133 cm³/mol. The molecule has 1 aliphatic heterocycles. The molecule has 1 amide bonds. The molecule has 1 N–H and O–H groups in total. The number of carbonyl (C=O) groups excluding carboxylic acids is 1. The second kappa shape index (κ2) is 9.38. The van der Waals surface area contributed by atoms with Gasteiger partial charge in [0.25, 0.3) is 5.56 Å². The van der Waals surface area contributed by atoms with Crippen molar-refractivity contribution in [3.63, 3.8) is 0 Å². The summed E-state index contributed by atoms with van der Waals surface area (Å²) in [6.07, 6.45) is 1.33. The zero-order chi connectivity index (χ0) is 23.7. The largest absolute Gasteiger partial charge is 0.352 e. The monoisotopic (exact) mass is 476 g/mol. The number of fused-ring (bicyclic) bond motifs is 1. The lowest BCUT2D eigenvalue weighted by molar-refractivity contribution is -0.125. The second-order valence-corrected chi connectivity index (χ2v) is 9.49. The summed E-state index contributed by atoms with van der Waals surface area (Å²) in [6.45, 7) is 3.77. The lowest BCUT2D eigenvalue weighted by Gasteiger charge is -2.33. The third-order valence-electron chi connectivity index (χ3n) is 6.41. The van der Waals surface area contributed by atoms with Gasteiger partial charge in [0.15, 0.2) is 0 Å². The quantitative estimate of drug-likeness (QED) is 0.463. The molecule has 0 unspecified atom stereocenters. The van der Waals surface area contributed by atoms with E-state index in [4.69, 9.17) is 4.98 Å². The highest BCUT2D eigenvalue weighted by molar-refractivity contribution is 7.17. The maximum Gasteiger partial charge on any atom is 0.277 e. The Hall–Kier alpha value is -3.52. The van der Waals surface area contributed by atoms with E-state index in [2.05, 4.69) is 5.32 Å². The van der Waals surface area contributed by atoms with Crippen molar-refractivity contribution in [3.8, 4) is 5.69 Å². The molecule has 4 aromatic rings. The van der Waals surface area contributed by atoms with E-state index in [9.17, 15) is 14.0 Å². The van der Waals surface area contributed by atoms with Crippen molar-refractivity contribution in [1.29, 1.82) is 0 Å². The van der Waals surface area contributed by atoms with Gasteiger partial charge in [-0.1, -0.05) is 24.3 Å². The van der Waals surface area contributed by atoms with Crippen molar-refractivity contribution in [2.75, 3.05) is 18.0 Å². The molecule has 0 aliphatic carbocycles. The van der Waals surface area contributed by atoms with Gasteiger partial charge < -0.3 is 10.2 Å². The minimum atomic E-state index is -0.360. The Balaban J connectivity index is 1.35. The van der Waals surface area contributed by atoms with E-state index < -0.39 is 0 Å². The molecule has 1 saturated heterocycles. The molecule has 0 saturated carbocycles. The summed E-state index contributed by atoms with van der Waals surface area (Å²) in [5.74, 6) is 0.138. The van der Waals surface area contributed by atoms with Crippen LogP contribution in [0.4, 0.5) is 10.3 Å². The molecule has 8 heteroatoms. The molecular formula is C26H25FN4O2S. The number of rotatable bonds is 5. The van der Waals surface area contributed by atoms with Gasteiger partial charge in [0.1, 0.15) is 10.5 Å². The van der Waals surface area contributed by atoms with E-state index in [1.165, 1.54) is 23.5 Å². The topological polar surface area (TPSA) is 67.2 Å². The predicted octanol–water partition coefficient (Wildman–Crippen LogP) is 4.43. The normalized spacial score (nSPS) is 14.5. The Morgan fingerprint density at radius 2 is 1.85 bits per heavy atom. The average Bonchev–Trinajstić information content (AvgIpc) is 3.33. The van der Waals surface area contributed by atoms with Crippen LogP contribution in [0.15, 0.2) is 64.8 Å². The molecule has 174 valence electrons. The first-order valence-corrected chi connectivity index (χ1v) is 12.2. The van der Waals surface area contributed by atoms with Crippen LogP contribution in [-0.4, -0.2) is 28.5 Å². The molecule has 2 aromatic carbocycles. The van der Waals surface area contributed by atoms with Crippen LogP contribution in [0, 0.1) is 18.7 Å². The van der Waals surface area contributed by atoms with Crippen LogP contribution in [0.1, 0.15) is 24.0 Å². The van der Waals surface area contributed by atoms with E-state index in [1.807, 2.05) is 47.5 Å². The van der Waals surface area contributed by atoms with Crippen LogP contribution in [0.3, 0.4) is 0 Å². The Morgan fingerprint density at radius 1 is 1.12 bits per heavy atom. The minimum absolute atomic E-state index is 0.0556. The number of carbonyl (C=O) groups is 1. The van der Waals surface area contributed by atoms with Gasteiger partial charge in [0.05, 0.1) is 11.2 Å². The zero-order valence-corrected chi connectivity index (χ0v) is 19.6. The number of thiophene rings is 1. The smallest absolute Gasteiger partial charge is 0.277 e. The summed E-state index contributed by atoms with van der Waals surface area (Å²) >= 11 is 1.35. The molecule has 1 fully saturated rings. The van der Waals surface area contributed by atoms with E-state index in [-0.39, 0.29) is 23.2 Å². The Bertz CT molecular complexity index is 1390. The van der Waals surface area contributed by atoms with E-state index in [1.54, 1.807) is 16.7 Å². The third-order valence-corrected chi connectivity index (χ3v) is 7.30. The van der Waals surface area contributed by atoms with Crippen molar-refractivity contribution < 1.29 is 9.18 Å². The number of hydrogen-bond donors (Lipinski definition) is 1. The van der Waals surface area contributed by atoms with Gasteiger partial charge in [-0.3, -0.25) is 9.59 Å². The molecule has 1 aliphatic rings. The van der Waals surface area contributed by atoms with Crippen molar-refractivity contribution in [3.05, 3.63) is 87.3 Å². The SMILES string of the molecule is Cc1ccccc1CNC(=O)C1CCN(c2nc3ccsc3c(=O)n2-c2ccc(F)cc2)CC1. The minimum Gasteiger partial charge on any atom is -0.352 e. The lowest BCUT2D eigenvalue weighted by atomic mass is 9.96. The van der Waals surface area contributed by atoms with E-state index >= 15 is 0 Å². The first kappa shape index (κ1) is 22.3. The summed E-state index contributed by atoms with van der Waals surface area (Å²) in [5, 5.41) is 4.92. The maximum atomic E-state index is 13.5. The molecule has 0 spiro atoms. The molecular weight excluding hydrogens is 451 g/mol. The number of hydrogen-bond acceptors (Lipinski definition) is 5. The van der Waals surface area contributed by atoms with Crippen molar-refractivity contribution >= 4 is 33.4 Å². The number of halogens is 1. The number of amides is 1. The number of piperidine rings is 1. The van der Waals surface area contributed by atoms with Gasteiger partial charge in [0, 0.05) is 25.6 Å². The first-order valence-electron chi connectivity index (χ1n) is 11.3. The van der Waals surface area contributed by atoms with E-state index in [0.717, 1.165) is 11.1 Å². The van der Waals surface area contributed by atoms with Gasteiger partial charge in [-0.2, -0.15) is 0 Å². The van der Waals surface area contributed by atoms with Gasteiger partial charge in [-0.15, -0.1) is 11.3 Å². The first-order chi connectivity index (χ1) is 16.5. The third kappa shape index (κ3) is 4.33. The fraction of sp³-hybridized carbons (Fsp3) is 0.269. The van der Waals surface area contributed by atoms with Crippen LogP contribution >= 0.6 is 11.3 Å². The van der Waals surface area contributed by atoms with Gasteiger partial charge in [-0.25, -0.2) is 13.9 Å². The Kier molecular flexibility index (Phi) is 6.15. The number of aromatic nitrogens is 2. The molecule has 0 radical (unpaired) electrons. The molecule has 34 heavy (non-hydrogen) atoms. The molecule has 2 aromatic heterocycles. The summed E-state index contributed by atoms with van der Waals surface area (Å²) in [6, 6.07) is 15.7. The van der Waals surface area contributed by atoms with Gasteiger partial charge in [-0.05, 0) is 66.6 Å². The fourth-order valence-corrected chi connectivity index (χ4v) is 5.17. The number of nitrogens with zero attached hydrogens (tertiary/aromatic N) is 3. The number of anilines is 1. The number of nitrogens with one attached hydrogen (secondary N) is 1. The summed E-state index contributed by atoms with van der Waals surface area (Å²) in [5.41, 5.74) is 3.33. The van der Waals surface area contributed by atoms with Crippen LogP contribution < -0.4 is 15.8 Å². The molecule has 3 heterocycles. The maximum absolute atomic E-state index is 13.5. The lowest BCUT2D eigenvalue weighted by Crippen LogP contribution is -2.42. The molecule has 6 nitrogen and oxygen atoms in total. The molecule has 5 rings (SSSR count). The highest BCUT2D eigenvalue weighted by atomic mass is 32.1. The standard InChI is InChI=1S/C26H25FN4O2S/c1-17-4-2-3-5-19(17)16-28-24(32)18-10-13-30(14-11-18)26-29-22-12-15-34-23(22)25(33)31(26)21-8-6-20(27)7-9-21/h2-9,12,15,18H,10-11,13-14,16H2,1H3,(H,28,32). The average molecular weight is 477 g/mol. The van der Waals surface area contributed by atoms with Crippen molar-refractivity contribution in [1.82, 2.24) is 14.9 Å².